The molecule has 0 radical (unpaired) electrons. The Balaban J connectivity index is 2.27. The molecule has 20 heavy (non-hydrogen) atoms. The van der Waals surface area contributed by atoms with E-state index in [0.717, 1.165) is 0 Å². The van der Waals surface area contributed by atoms with Crippen molar-refractivity contribution in [1.29, 1.82) is 0 Å². The molecule has 0 bridgehead atoms. The number of carbonyl (C=O) groups is 1. The number of nitrogens with zero attached hydrogens (tertiary/aromatic N) is 2. The van der Waals surface area contributed by atoms with Gasteiger partial charge in [0.2, 0.25) is 0 Å². The molecule has 1 heterocycles. The summed E-state index contributed by atoms with van der Waals surface area (Å²) in [7, 11) is 0. The summed E-state index contributed by atoms with van der Waals surface area (Å²) in [5, 5.41) is 20.9. The summed E-state index contributed by atoms with van der Waals surface area (Å²) >= 11 is 5.80. The molecule has 2 rings (SSSR count). The van der Waals surface area contributed by atoms with E-state index in [2.05, 4.69) is 0 Å². The van der Waals surface area contributed by atoms with E-state index in [-0.39, 0.29) is 16.3 Å². The summed E-state index contributed by atoms with van der Waals surface area (Å²) in [6.07, 6.45) is 0.903. The molecule has 1 fully saturated rings. The van der Waals surface area contributed by atoms with Crippen molar-refractivity contribution in [3.05, 3.63) is 38.9 Å². The third kappa shape index (κ3) is 2.91. The second kappa shape index (κ2) is 5.38. The molecule has 1 aliphatic heterocycles. The van der Waals surface area contributed by atoms with E-state index in [1.807, 2.05) is 0 Å². The number of nitro benzene ring substituents is 1. The second-order valence-electron chi connectivity index (χ2n) is 5.18. The van der Waals surface area contributed by atoms with E-state index in [1.54, 1.807) is 6.92 Å². The van der Waals surface area contributed by atoms with Gasteiger partial charge in [-0.05, 0) is 31.9 Å². The molecule has 0 aromatic heterocycles. The quantitative estimate of drug-likeness (QED) is 0.670. The Morgan fingerprint density at radius 1 is 1.45 bits per heavy atom. The van der Waals surface area contributed by atoms with Gasteiger partial charge < -0.3 is 10.0 Å². The molecule has 1 aliphatic rings. The molecule has 0 spiro atoms. The number of nitro groups is 1. The van der Waals surface area contributed by atoms with Gasteiger partial charge in [-0.25, -0.2) is 0 Å². The molecule has 7 heteroatoms. The van der Waals surface area contributed by atoms with Crippen molar-refractivity contribution in [3.8, 4) is 0 Å². The highest BCUT2D eigenvalue weighted by atomic mass is 35.5. The van der Waals surface area contributed by atoms with Crippen molar-refractivity contribution < 1.29 is 14.8 Å². The number of amides is 1. The van der Waals surface area contributed by atoms with E-state index in [0.29, 0.717) is 25.9 Å². The average molecular weight is 299 g/mol. The second-order valence-corrected chi connectivity index (χ2v) is 5.59. The molecule has 1 amide bonds. The van der Waals surface area contributed by atoms with Crippen molar-refractivity contribution >= 4 is 23.2 Å². The Hall–Kier alpha value is -1.66. The van der Waals surface area contributed by atoms with Gasteiger partial charge in [0.05, 0.1) is 10.5 Å². The van der Waals surface area contributed by atoms with E-state index < -0.39 is 16.4 Å². The van der Waals surface area contributed by atoms with Gasteiger partial charge in [0.25, 0.3) is 5.91 Å². The monoisotopic (exact) mass is 298 g/mol. The lowest BCUT2D eigenvalue weighted by Gasteiger charge is -2.35. The van der Waals surface area contributed by atoms with Gasteiger partial charge in [0.1, 0.15) is 10.6 Å². The number of aliphatic hydroxyl groups is 1. The Labute approximate surface area is 121 Å². The number of likely N-dealkylation sites (tertiary alicyclic amines) is 1. The average Bonchev–Trinajstić information content (AvgIpc) is 2.37. The lowest BCUT2D eigenvalue weighted by Crippen LogP contribution is -2.45. The first-order chi connectivity index (χ1) is 9.32. The van der Waals surface area contributed by atoms with Crippen LogP contribution < -0.4 is 0 Å². The number of piperidine rings is 1. The molecule has 0 atom stereocenters. The van der Waals surface area contributed by atoms with E-state index >= 15 is 0 Å². The lowest BCUT2D eigenvalue weighted by atomic mass is 9.93. The fourth-order valence-electron chi connectivity index (χ4n) is 2.24. The molecular weight excluding hydrogens is 284 g/mol. The molecule has 1 saturated heterocycles. The maximum Gasteiger partial charge on any atom is 0.300 e. The topological polar surface area (TPSA) is 83.7 Å². The van der Waals surface area contributed by atoms with Gasteiger partial charge in [0.15, 0.2) is 0 Å². The minimum Gasteiger partial charge on any atom is -0.390 e. The minimum atomic E-state index is -0.781. The van der Waals surface area contributed by atoms with Crippen LogP contribution in [0.4, 0.5) is 5.69 Å². The summed E-state index contributed by atoms with van der Waals surface area (Å²) in [6, 6.07) is 4.30. The third-order valence-electron chi connectivity index (χ3n) is 3.53. The van der Waals surface area contributed by atoms with Crippen molar-refractivity contribution in [2.24, 2.45) is 0 Å². The van der Waals surface area contributed by atoms with E-state index in [4.69, 9.17) is 11.6 Å². The lowest BCUT2D eigenvalue weighted by molar-refractivity contribution is -0.385. The van der Waals surface area contributed by atoms with Crippen LogP contribution in [0.2, 0.25) is 5.02 Å². The number of halogens is 1. The van der Waals surface area contributed by atoms with Crippen molar-refractivity contribution in [2.45, 2.75) is 25.4 Å². The SMILES string of the molecule is CC1(O)CCN(C(=O)c2cccc(Cl)c2[N+](=O)[O-])CC1. The van der Waals surface area contributed by atoms with Gasteiger partial charge in [-0.15, -0.1) is 0 Å². The van der Waals surface area contributed by atoms with Gasteiger partial charge in [-0.2, -0.15) is 0 Å². The van der Waals surface area contributed by atoms with Crippen LogP contribution in [0.5, 0.6) is 0 Å². The highest BCUT2D eigenvalue weighted by molar-refractivity contribution is 6.33. The maximum absolute atomic E-state index is 12.4. The zero-order chi connectivity index (χ0) is 14.9. The zero-order valence-corrected chi connectivity index (χ0v) is 11.8. The van der Waals surface area contributed by atoms with E-state index in [1.165, 1.54) is 23.1 Å². The molecule has 0 aliphatic carbocycles. The fraction of sp³-hybridized carbons (Fsp3) is 0.462. The van der Waals surface area contributed by atoms with Crippen LogP contribution >= 0.6 is 11.6 Å². The number of hydrogen-bond acceptors (Lipinski definition) is 4. The maximum atomic E-state index is 12.4. The Morgan fingerprint density at radius 3 is 2.60 bits per heavy atom. The van der Waals surface area contributed by atoms with E-state index in [9.17, 15) is 20.0 Å². The van der Waals surface area contributed by atoms with Crippen molar-refractivity contribution in [2.75, 3.05) is 13.1 Å². The van der Waals surface area contributed by atoms with Crippen LogP contribution in [0, 0.1) is 10.1 Å². The van der Waals surface area contributed by atoms with Crippen LogP contribution in [0.15, 0.2) is 18.2 Å². The van der Waals surface area contributed by atoms with Crippen LogP contribution in [-0.2, 0) is 0 Å². The Morgan fingerprint density at radius 2 is 2.05 bits per heavy atom. The Bertz CT molecular complexity index is 549. The number of benzene rings is 1. The molecule has 0 unspecified atom stereocenters. The summed E-state index contributed by atoms with van der Waals surface area (Å²) in [5.74, 6) is -0.422. The molecule has 108 valence electrons. The number of carbonyl (C=O) groups excluding carboxylic acids is 1. The summed E-state index contributed by atoms with van der Waals surface area (Å²) in [5.41, 5.74) is -1.16. The zero-order valence-electron chi connectivity index (χ0n) is 11.0. The number of para-hydroxylation sites is 1. The van der Waals surface area contributed by atoms with Gasteiger partial charge >= 0.3 is 5.69 Å². The molecule has 6 nitrogen and oxygen atoms in total. The number of hydrogen-bond donors (Lipinski definition) is 1. The van der Waals surface area contributed by atoms with Crippen LogP contribution in [0.25, 0.3) is 0 Å². The van der Waals surface area contributed by atoms with Gasteiger partial charge in [0, 0.05) is 13.1 Å². The summed E-state index contributed by atoms with van der Waals surface area (Å²) in [4.78, 5) is 24.3. The molecule has 1 aromatic rings. The van der Waals surface area contributed by atoms with Gasteiger partial charge in [-0.3, -0.25) is 14.9 Å². The predicted molar refractivity (Wildman–Crippen MR) is 73.9 cm³/mol. The van der Waals surface area contributed by atoms with Crippen LogP contribution in [0.3, 0.4) is 0 Å². The van der Waals surface area contributed by atoms with Crippen LogP contribution in [0.1, 0.15) is 30.1 Å². The van der Waals surface area contributed by atoms with Crippen molar-refractivity contribution in [1.82, 2.24) is 4.90 Å². The van der Waals surface area contributed by atoms with Crippen molar-refractivity contribution in [3.63, 3.8) is 0 Å². The Kier molecular flexibility index (Phi) is 3.96. The largest absolute Gasteiger partial charge is 0.390 e. The molecule has 0 saturated carbocycles. The normalized spacial score (nSPS) is 17.9. The fourth-order valence-corrected chi connectivity index (χ4v) is 2.48. The first kappa shape index (κ1) is 14.7. The first-order valence-electron chi connectivity index (χ1n) is 6.26. The van der Waals surface area contributed by atoms with Crippen LogP contribution in [-0.4, -0.2) is 39.5 Å². The van der Waals surface area contributed by atoms with Gasteiger partial charge in [-0.1, -0.05) is 17.7 Å². The highest BCUT2D eigenvalue weighted by Crippen LogP contribution is 2.30. The number of rotatable bonds is 2. The summed E-state index contributed by atoms with van der Waals surface area (Å²) in [6.45, 7) is 2.46. The minimum absolute atomic E-state index is 0.0101. The highest BCUT2D eigenvalue weighted by Gasteiger charge is 2.33. The molecule has 1 aromatic carbocycles. The predicted octanol–water partition coefficient (Wildman–Crippen LogP) is 2.24. The first-order valence-corrected chi connectivity index (χ1v) is 6.64. The standard InChI is InChI=1S/C13H15ClN2O4/c1-13(18)5-7-15(8-6-13)12(17)9-3-2-4-10(14)11(9)16(19)20/h2-4,18H,5-8H2,1H3. The smallest absolute Gasteiger partial charge is 0.300 e. The molecular formula is C13H15ClN2O4. The molecule has 1 N–H and O–H groups in total. The third-order valence-corrected chi connectivity index (χ3v) is 3.83. The summed E-state index contributed by atoms with van der Waals surface area (Å²) < 4.78 is 0.